The predicted molar refractivity (Wildman–Crippen MR) is 111 cm³/mol. The Balaban J connectivity index is 1.49. The molecule has 0 spiro atoms. The van der Waals surface area contributed by atoms with Crippen LogP contribution in [0.2, 0.25) is 0 Å². The molecule has 0 bridgehead atoms. The number of anilines is 2. The molecule has 1 aromatic carbocycles. The van der Waals surface area contributed by atoms with Gasteiger partial charge >= 0.3 is 0 Å². The van der Waals surface area contributed by atoms with Crippen molar-refractivity contribution in [3.63, 3.8) is 0 Å². The normalized spacial score (nSPS) is 13.8. The third-order valence-corrected chi connectivity index (χ3v) is 5.91. The lowest BCUT2D eigenvalue weighted by molar-refractivity contribution is 0.102. The molecule has 1 amide bonds. The van der Waals surface area contributed by atoms with Crippen molar-refractivity contribution in [1.82, 2.24) is 9.97 Å². The third-order valence-electron chi connectivity index (χ3n) is 5.01. The van der Waals surface area contributed by atoms with Crippen LogP contribution < -0.4 is 10.2 Å². The lowest BCUT2D eigenvalue weighted by Crippen LogP contribution is -2.18. The van der Waals surface area contributed by atoms with Crippen molar-refractivity contribution < 1.29 is 4.79 Å². The van der Waals surface area contributed by atoms with Crippen LogP contribution in [0.15, 0.2) is 41.9 Å². The van der Waals surface area contributed by atoms with Crippen LogP contribution in [0.3, 0.4) is 0 Å². The Hall–Kier alpha value is -2.73. The first-order valence-corrected chi connectivity index (χ1v) is 10.0. The van der Waals surface area contributed by atoms with Gasteiger partial charge < -0.3 is 10.2 Å². The zero-order valence-corrected chi connectivity index (χ0v) is 16.3. The Kier molecular flexibility index (Phi) is 4.90. The van der Waals surface area contributed by atoms with E-state index in [0.717, 1.165) is 46.3 Å². The largest absolute Gasteiger partial charge is 0.357 e. The van der Waals surface area contributed by atoms with Gasteiger partial charge in [0.1, 0.15) is 16.5 Å². The molecule has 1 saturated heterocycles. The van der Waals surface area contributed by atoms with E-state index in [0.29, 0.717) is 5.69 Å². The number of aryl methyl sites for hydroxylation is 1. The maximum atomic E-state index is 12.6. The highest BCUT2D eigenvalue weighted by Crippen LogP contribution is 2.26. The van der Waals surface area contributed by atoms with Gasteiger partial charge in [-0.3, -0.25) is 4.79 Å². The number of carbonyl (C=O) groups excluding carboxylic acids is 1. The number of hydrogen-bond acceptors (Lipinski definition) is 5. The van der Waals surface area contributed by atoms with Gasteiger partial charge in [-0.25, -0.2) is 9.97 Å². The van der Waals surface area contributed by atoms with Gasteiger partial charge in [-0.2, -0.15) is 0 Å². The minimum absolute atomic E-state index is 0.187. The van der Waals surface area contributed by atoms with Crippen molar-refractivity contribution in [2.45, 2.75) is 26.7 Å². The number of carbonyl (C=O) groups is 1. The van der Waals surface area contributed by atoms with Crippen molar-refractivity contribution in [1.29, 1.82) is 0 Å². The molecular formula is C21H22N4OS. The van der Waals surface area contributed by atoms with E-state index in [1.807, 2.05) is 50.4 Å². The monoisotopic (exact) mass is 378 g/mol. The van der Waals surface area contributed by atoms with Gasteiger partial charge in [-0.15, -0.1) is 11.3 Å². The Morgan fingerprint density at radius 2 is 1.96 bits per heavy atom. The van der Waals surface area contributed by atoms with Crippen LogP contribution in [0.25, 0.3) is 10.6 Å². The number of nitrogens with one attached hydrogen (secondary N) is 1. The molecule has 0 aliphatic carbocycles. The minimum Gasteiger partial charge on any atom is -0.357 e. The van der Waals surface area contributed by atoms with Crippen LogP contribution in [0.1, 0.15) is 34.5 Å². The van der Waals surface area contributed by atoms with E-state index < -0.39 is 0 Å². The number of aromatic nitrogens is 2. The predicted octanol–water partition coefficient (Wildman–Crippen LogP) is 4.67. The van der Waals surface area contributed by atoms with Gasteiger partial charge in [0, 0.05) is 35.9 Å². The summed E-state index contributed by atoms with van der Waals surface area (Å²) in [7, 11) is 0. The fraction of sp³-hybridized carbons (Fsp3) is 0.286. The van der Waals surface area contributed by atoms with Crippen LogP contribution in [-0.2, 0) is 0 Å². The van der Waals surface area contributed by atoms with Crippen LogP contribution in [0.4, 0.5) is 11.5 Å². The van der Waals surface area contributed by atoms with Gasteiger partial charge in [0.25, 0.3) is 5.91 Å². The first-order valence-electron chi connectivity index (χ1n) is 9.16. The van der Waals surface area contributed by atoms with Gasteiger partial charge in [0.05, 0.1) is 0 Å². The van der Waals surface area contributed by atoms with Crippen molar-refractivity contribution in [2.24, 2.45) is 0 Å². The molecule has 1 fully saturated rings. The Morgan fingerprint density at radius 1 is 1.15 bits per heavy atom. The molecule has 2 aromatic heterocycles. The minimum atomic E-state index is -0.187. The van der Waals surface area contributed by atoms with E-state index in [1.54, 1.807) is 5.38 Å². The maximum Gasteiger partial charge on any atom is 0.275 e. The number of benzene rings is 1. The summed E-state index contributed by atoms with van der Waals surface area (Å²) >= 11 is 1.46. The van der Waals surface area contributed by atoms with E-state index in [9.17, 15) is 4.79 Å². The average Bonchev–Trinajstić information content (AvgIpc) is 3.37. The smallest absolute Gasteiger partial charge is 0.275 e. The fourth-order valence-corrected chi connectivity index (χ4v) is 4.02. The molecule has 0 radical (unpaired) electrons. The molecule has 0 unspecified atom stereocenters. The number of pyridine rings is 1. The highest BCUT2D eigenvalue weighted by molar-refractivity contribution is 7.13. The van der Waals surface area contributed by atoms with Crippen molar-refractivity contribution >= 4 is 28.7 Å². The van der Waals surface area contributed by atoms with Crippen molar-refractivity contribution in [2.75, 3.05) is 23.3 Å². The number of thiazole rings is 1. The summed E-state index contributed by atoms with van der Waals surface area (Å²) < 4.78 is 0. The highest BCUT2D eigenvalue weighted by atomic mass is 32.1. The second kappa shape index (κ2) is 7.48. The van der Waals surface area contributed by atoms with E-state index in [4.69, 9.17) is 0 Å². The van der Waals surface area contributed by atoms with Gasteiger partial charge in [0.15, 0.2) is 0 Å². The van der Waals surface area contributed by atoms with E-state index >= 15 is 0 Å². The van der Waals surface area contributed by atoms with Gasteiger partial charge in [0.2, 0.25) is 0 Å². The average molecular weight is 379 g/mol. The Morgan fingerprint density at radius 3 is 2.70 bits per heavy atom. The van der Waals surface area contributed by atoms with Gasteiger partial charge in [-0.1, -0.05) is 12.1 Å². The summed E-state index contributed by atoms with van der Waals surface area (Å²) in [6.45, 7) is 6.19. The summed E-state index contributed by atoms with van der Waals surface area (Å²) in [5.41, 5.74) is 4.42. The quantitative estimate of drug-likeness (QED) is 0.716. The summed E-state index contributed by atoms with van der Waals surface area (Å²) in [4.78, 5) is 23.9. The molecule has 4 rings (SSSR count). The molecular weight excluding hydrogens is 356 g/mol. The summed E-state index contributed by atoms with van der Waals surface area (Å²) in [5, 5.41) is 5.56. The van der Waals surface area contributed by atoms with Crippen LogP contribution in [-0.4, -0.2) is 29.0 Å². The molecule has 1 aliphatic heterocycles. The highest BCUT2D eigenvalue weighted by Gasteiger charge is 2.16. The number of hydrogen-bond donors (Lipinski definition) is 1. The molecule has 0 saturated carbocycles. The lowest BCUT2D eigenvalue weighted by Gasteiger charge is -2.15. The first kappa shape index (κ1) is 17.7. The summed E-state index contributed by atoms with van der Waals surface area (Å²) in [6, 6.07) is 9.96. The standard InChI is InChI=1S/C21H22N4OS/c1-14-6-5-7-17(15(14)2)23-20(26)18-13-27-21(24-18)16-8-9-19(22-12-16)25-10-3-4-11-25/h5-9,12-13H,3-4,10-11H2,1-2H3,(H,23,26). The second-order valence-electron chi connectivity index (χ2n) is 6.84. The molecule has 5 nitrogen and oxygen atoms in total. The van der Waals surface area contributed by atoms with E-state index in [1.165, 1.54) is 24.2 Å². The third kappa shape index (κ3) is 3.71. The Bertz CT molecular complexity index is 959. The summed E-state index contributed by atoms with van der Waals surface area (Å²) in [5.74, 6) is 0.827. The number of rotatable bonds is 4. The second-order valence-corrected chi connectivity index (χ2v) is 7.70. The van der Waals surface area contributed by atoms with E-state index in [2.05, 4.69) is 20.2 Å². The summed E-state index contributed by atoms with van der Waals surface area (Å²) in [6.07, 6.45) is 4.31. The molecule has 1 aliphatic rings. The van der Waals surface area contributed by atoms with Crippen LogP contribution in [0.5, 0.6) is 0 Å². The first-order chi connectivity index (χ1) is 13.1. The lowest BCUT2D eigenvalue weighted by atomic mass is 10.1. The topological polar surface area (TPSA) is 58.1 Å². The van der Waals surface area contributed by atoms with Gasteiger partial charge in [-0.05, 0) is 56.0 Å². The molecule has 27 heavy (non-hydrogen) atoms. The fourth-order valence-electron chi connectivity index (χ4n) is 3.23. The van der Waals surface area contributed by atoms with Crippen molar-refractivity contribution in [3.8, 4) is 10.6 Å². The molecule has 1 N–H and O–H groups in total. The number of nitrogens with zero attached hydrogens (tertiary/aromatic N) is 3. The van der Waals surface area contributed by atoms with Crippen molar-refractivity contribution in [3.05, 3.63) is 58.7 Å². The molecule has 0 atom stereocenters. The number of amides is 1. The molecule has 3 heterocycles. The SMILES string of the molecule is Cc1cccc(NC(=O)c2csc(-c3ccc(N4CCCC4)nc3)n2)c1C. The van der Waals surface area contributed by atoms with E-state index in [-0.39, 0.29) is 5.91 Å². The molecule has 138 valence electrons. The zero-order valence-electron chi connectivity index (χ0n) is 15.5. The zero-order chi connectivity index (χ0) is 18.8. The van der Waals surface area contributed by atoms with Crippen LogP contribution in [0, 0.1) is 13.8 Å². The van der Waals surface area contributed by atoms with Crippen LogP contribution >= 0.6 is 11.3 Å². The maximum absolute atomic E-state index is 12.6. The molecule has 3 aromatic rings. The Labute approximate surface area is 163 Å². The molecule has 6 heteroatoms.